The van der Waals surface area contributed by atoms with Crippen molar-refractivity contribution in [1.82, 2.24) is 5.32 Å². The molecule has 1 aliphatic rings. The van der Waals surface area contributed by atoms with E-state index in [1.807, 2.05) is 0 Å². The molecule has 1 rings (SSSR count). The van der Waals surface area contributed by atoms with Crippen LogP contribution in [0.5, 0.6) is 0 Å². The summed E-state index contributed by atoms with van der Waals surface area (Å²) in [6.45, 7) is 4.18. The topological polar surface area (TPSA) is 35.8 Å². The Kier molecular flexibility index (Phi) is 6.12. The van der Waals surface area contributed by atoms with Gasteiger partial charge in [0.25, 0.3) is 0 Å². The summed E-state index contributed by atoms with van der Waals surface area (Å²) in [5.74, 6) is 1.13. The van der Waals surface area contributed by atoms with E-state index in [9.17, 15) is 0 Å². The summed E-state index contributed by atoms with van der Waals surface area (Å²) in [4.78, 5) is 0. The van der Waals surface area contributed by atoms with Gasteiger partial charge in [-0.3, -0.25) is 5.32 Å². The predicted octanol–water partition coefficient (Wildman–Crippen LogP) is 2.94. The van der Waals surface area contributed by atoms with Gasteiger partial charge in [0.1, 0.15) is 0 Å². The second-order valence-electron chi connectivity index (χ2n) is 4.57. The number of thioether (sulfide) groups is 1. The zero-order chi connectivity index (χ0) is 11.1. The minimum absolute atomic E-state index is 0.0407. The Morgan fingerprint density at radius 3 is 2.60 bits per heavy atom. The van der Waals surface area contributed by atoms with Crippen molar-refractivity contribution in [3.05, 3.63) is 0 Å². The lowest BCUT2D eigenvalue weighted by atomic mass is 10.2. The molecule has 1 fully saturated rings. The van der Waals surface area contributed by atoms with Crippen molar-refractivity contribution >= 4 is 11.8 Å². The Morgan fingerprint density at radius 1 is 1.40 bits per heavy atom. The largest absolute Gasteiger partial charge is 0.300 e. The first-order valence-electron chi connectivity index (χ1n) is 5.99. The number of hydrogen-bond acceptors (Lipinski definition) is 3. The molecule has 1 unspecified atom stereocenters. The van der Waals surface area contributed by atoms with E-state index >= 15 is 0 Å². The predicted molar refractivity (Wildman–Crippen MR) is 67.0 cm³/mol. The molecule has 2 nitrogen and oxygen atoms in total. The molecular weight excluding hydrogens is 204 g/mol. The molecule has 0 saturated heterocycles. The second kappa shape index (κ2) is 7.14. The third kappa shape index (κ3) is 5.44. The van der Waals surface area contributed by atoms with E-state index in [-0.39, 0.29) is 6.04 Å². The van der Waals surface area contributed by atoms with E-state index in [0.29, 0.717) is 6.04 Å². The molecule has 0 heterocycles. The fourth-order valence-corrected chi connectivity index (χ4v) is 3.37. The molecular formula is C12H22N2S. The van der Waals surface area contributed by atoms with Crippen molar-refractivity contribution in [2.45, 2.75) is 63.3 Å². The van der Waals surface area contributed by atoms with Gasteiger partial charge >= 0.3 is 0 Å². The first-order valence-corrected chi connectivity index (χ1v) is 7.04. The molecule has 0 aromatic rings. The summed E-state index contributed by atoms with van der Waals surface area (Å²) in [6.07, 6.45) is 6.57. The van der Waals surface area contributed by atoms with Crippen LogP contribution in [0.3, 0.4) is 0 Å². The van der Waals surface area contributed by atoms with Crippen LogP contribution in [-0.4, -0.2) is 23.1 Å². The Hall–Kier alpha value is -0.200. The molecule has 0 aromatic carbocycles. The normalized spacial score (nSPS) is 19.3. The molecule has 0 spiro atoms. The molecule has 0 aromatic heterocycles. The number of nitriles is 1. The minimum atomic E-state index is 0.0407. The standard InChI is InChI=1S/C12H22N2S/c1-10(2)14-11(9-13)7-8-15-12-5-3-4-6-12/h10-12,14H,3-8H2,1-2H3. The molecule has 3 heteroatoms. The Morgan fingerprint density at radius 2 is 2.07 bits per heavy atom. The van der Waals surface area contributed by atoms with Gasteiger partial charge in [-0.25, -0.2) is 0 Å². The lowest BCUT2D eigenvalue weighted by molar-refractivity contribution is 0.522. The van der Waals surface area contributed by atoms with Crippen LogP contribution in [0.15, 0.2) is 0 Å². The number of rotatable bonds is 6. The molecule has 15 heavy (non-hydrogen) atoms. The van der Waals surface area contributed by atoms with E-state index in [4.69, 9.17) is 5.26 Å². The van der Waals surface area contributed by atoms with Gasteiger partial charge in [0, 0.05) is 11.3 Å². The molecule has 0 radical (unpaired) electrons. The van der Waals surface area contributed by atoms with Crippen LogP contribution in [-0.2, 0) is 0 Å². The van der Waals surface area contributed by atoms with Gasteiger partial charge in [0.05, 0.1) is 12.1 Å². The lowest BCUT2D eigenvalue weighted by Gasteiger charge is -2.15. The molecule has 1 atom stereocenters. The SMILES string of the molecule is CC(C)NC(C#N)CCSC1CCCC1. The van der Waals surface area contributed by atoms with Gasteiger partial charge in [-0.1, -0.05) is 12.8 Å². The third-order valence-corrected chi connectivity index (χ3v) is 4.17. The van der Waals surface area contributed by atoms with Gasteiger partial charge in [0.15, 0.2) is 0 Å². The van der Waals surface area contributed by atoms with Crippen molar-refractivity contribution in [3.63, 3.8) is 0 Å². The van der Waals surface area contributed by atoms with Crippen LogP contribution >= 0.6 is 11.8 Å². The first-order chi connectivity index (χ1) is 7.22. The second-order valence-corrected chi connectivity index (χ2v) is 5.98. The van der Waals surface area contributed by atoms with E-state index in [1.165, 1.54) is 25.7 Å². The van der Waals surface area contributed by atoms with Crippen LogP contribution in [0.25, 0.3) is 0 Å². The summed E-state index contributed by atoms with van der Waals surface area (Å²) in [7, 11) is 0. The van der Waals surface area contributed by atoms with E-state index in [1.54, 1.807) is 0 Å². The molecule has 1 saturated carbocycles. The van der Waals surface area contributed by atoms with Crippen molar-refractivity contribution < 1.29 is 0 Å². The first kappa shape index (κ1) is 12.9. The summed E-state index contributed by atoms with van der Waals surface area (Å²) in [5, 5.41) is 13.1. The summed E-state index contributed by atoms with van der Waals surface area (Å²) in [5.41, 5.74) is 0. The highest BCUT2D eigenvalue weighted by Gasteiger charge is 2.16. The number of hydrogen-bond donors (Lipinski definition) is 1. The maximum absolute atomic E-state index is 8.95. The van der Waals surface area contributed by atoms with Crippen LogP contribution < -0.4 is 5.32 Å². The fourth-order valence-electron chi connectivity index (χ4n) is 2.00. The highest BCUT2D eigenvalue weighted by atomic mass is 32.2. The number of nitrogens with one attached hydrogen (secondary N) is 1. The monoisotopic (exact) mass is 226 g/mol. The Labute approximate surface area is 97.8 Å². The van der Waals surface area contributed by atoms with Crippen LogP contribution in [0.2, 0.25) is 0 Å². The smallest absolute Gasteiger partial charge is 0.0962 e. The summed E-state index contributed by atoms with van der Waals surface area (Å²) < 4.78 is 0. The average Bonchev–Trinajstić information content (AvgIpc) is 2.68. The molecule has 0 amide bonds. The van der Waals surface area contributed by atoms with Crippen LogP contribution in [0.4, 0.5) is 0 Å². The average molecular weight is 226 g/mol. The third-order valence-electron chi connectivity index (χ3n) is 2.75. The Bertz CT molecular complexity index is 204. The number of nitrogens with zero attached hydrogens (tertiary/aromatic N) is 1. The van der Waals surface area contributed by atoms with Crippen LogP contribution in [0, 0.1) is 11.3 Å². The van der Waals surface area contributed by atoms with E-state index < -0.39 is 0 Å². The lowest BCUT2D eigenvalue weighted by Crippen LogP contribution is -2.34. The van der Waals surface area contributed by atoms with E-state index in [2.05, 4.69) is 37.0 Å². The fraction of sp³-hybridized carbons (Fsp3) is 0.917. The summed E-state index contributed by atoms with van der Waals surface area (Å²) >= 11 is 2.06. The molecule has 0 aliphatic heterocycles. The van der Waals surface area contributed by atoms with Crippen molar-refractivity contribution in [3.8, 4) is 6.07 Å². The highest BCUT2D eigenvalue weighted by Crippen LogP contribution is 2.29. The van der Waals surface area contributed by atoms with Crippen molar-refractivity contribution in [1.29, 1.82) is 5.26 Å². The molecule has 0 bridgehead atoms. The zero-order valence-corrected chi connectivity index (χ0v) is 10.6. The van der Waals surface area contributed by atoms with Gasteiger partial charge in [0.2, 0.25) is 0 Å². The van der Waals surface area contributed by atoms with Crippen LogP contribution in [0.1, 0.15) is 46.0 Å². The van der Waals surface area contributed by atoms with Gasteiger partial charge in [-0.15, -0.1) is 0 Å². The van der Waals surface area contributed by atoms with Crippen molar-refractivity contribution in [2.24, 2.45) is 0 Å². The van der Waals surface area contributed by atoms with Gasteiger partial charge in [-0.05, 0) is 38.9 Å². The van der Waals surface area contributed by atoms with Crippen molar-refractivity contribution in [2.75, 3.05) is 5.75 Å². The molecule has 86 valence electrons. The highest BCUT2D eigenvalue weighted by molar-refractivity contribution is 7.99. The minimum Gasteiger partial charge on any atom is -0.300 e. The maximum Gasteiger partial charge on any atom is 0.0962 e. The van der Waals surface area contributed by atoms with E-state index in [0.717, 1.165) is 17.4 Å². The van der Waals surface area contributed by atoms with Gasteiger partial charge in [-0.2, -0.15) is 17.0 Å². The maximum atomic E-state index is 8.95. The Balaban J connectivity index is 2.08. The summed E-state index contributed by atoms with van der Waals surface area (Å²) in [6, 6.07) is 2.78. The zero-order valence-electron chi connectivity index (χ0n) is 9.83. The molecule has 1 aliphatic carbocycles. The molecule has 1 N–H and O–H groups in total. The quantitative estimate of drug-likeness (QED) is 0.756. The van der Waals surface area contributed by atoms with Gasteiger partial charge < -0.3 is 0 Å².